The van der Waals surface area contributed by atoms with Crippen molar-refractivity contribution in [1.29, 1.82) is 0 Å². The van der Waals surface area contributed by atoms with Crippen LogP contribution in [0.1, 0.15) is 31.4 Å². The molecule has 0 unspecified atom stereocenters. The van der Waals surface area contributed by atoms with E-state index in [1.54, 1.807) is 62.4 Å². The topological polar surface area (TPSA) is 96.0 Å². The second-order valence-electron chi connectivity index (χ2n) is 8.96. The molecule has 0 aliphatic heterocycles. The molecule has 0 aromatic heterocycles. The van der Waals surface area contributed by atoms with E-state index in [2.05, 4.69) is 0 Å². The first-order chi connectivity index (χ1) is 17.3. The first-order valence-corrected chi connectivity index (χ1v) is 13.2. The van der Waals surface area contributed by atoms with Crippen LogP contribution in [-0.4, -0.2) is 40.1 Å². The van der Waals surface area contributed by atoms with Gasteiger partial charge in [-0.05, 0) is 44.9 Å². The predicted octanol–water partition coefficient (Wildman–Crippen LogP) is 3.90. The van der Waals surface area contributed by atoms with E-state index >= 15 is 0 Å². The maximum atomic E-state index is 14.5. The summed E-state index contributed by atoms with van der Waals surface area (Å²) >= 11 is 0. The van der Waals surface area contributed by atoms with E-state index < -0.39 is 50.7 Å². The van der Waals surface area contributed by atoms with Crippen LogP contribution in [-0.2, 0) is 46.0 Å². The Bertz CT molecular complexity index is 1170. The number of hydrogen-bond donors (Lipinski definition) is 0. The number of carbonyl (C=O) groups is 3. The molecule has 0 spiro atoms. The summed E-state index contributed by atoms with van der Waals surface area (Å²) in [4.78, 5) is 42.0. The zero-order valence-electron chi connectivity index (χ0n) is 20.6. The Labute approximate surface area is 213 Å². The van der Waals surface area contributed by atoms with Gasteiger partial charge in [-0.1, -0.05) is 60.2 Å². The van der Waals surface area contributed by atoms with Gasteiger partial charge in [-0.2, -0.15) is 0 Å². The third-order valence-corrected chi connectivity index (χ3v) is 9.06. The SMILES string of the molecule is CCOC(=O)C1(C(=O)OCC)[C@H]2C=C[C@H](C2)[C@]1(C(=O)OCc1ccccc1)[S@@](=O)c1ccc(C)cc1. The summed E-state index contributed by atoms with van der Waals surface area (Å²) in [6.07, 6.45) is 3.76. The van der Waals surface area contributed by atoms with Crippen molar-refractivity contribution in [2.75, 3.05) is 13.2 Å². The molecule has 2 aliphatic rings. The van der Waals surface area contributed by atoms with E-state index in [0.29, 0.717) is 4.90 Å². The van der Waals surface area contributed by atoms with Crippen LogP contribution in [0.5, 0.6) is 0 Å². The molecule has 1 fully saturated rings. The van der Waals surface area contributed by atoms with Gasteiger partial charge in [0.2, 0.25) is 0 Å². The van der Waals surface area contributed by atoms with Gasteiger partial charge in [0.1, 0.15) is 6.61 Å². The fraction of sp³-hybridized carbons (Fsp3) is 0.393. The zero-order valence-corrected chi connectivity index (χ0v) is 21.4. The Morgan fingerprint density at radius 2 is 1.42 bits per heavy atom. The van der Waals surface area contributed by atoms with Gasteiger partial charge in [0.15, 0.2) is 10.2 Å². The van der Waals surface area contributed by atoms with Gasteiger partial charge in [0.25, 0.3) is 0 Å². The summed E-state index contributed by atoms with van der Waals surface area (Å²) in [7, 11) is -2.16. The highest BCUT2D eigenvalue weighted by molar-refractivity contribution is 7.87. The lowest BCUT2D eigenvalue weighted by atomic mass is 9.67. The van der Waals surface area contributed by atoms with Gasteiger partial charge in [-0.15, -0.1) is 0 Å². The van der Waals surface area contributed by atoms with Crippen molar-refractivity contribution >= 4 is 28.7 Å². The molecule has 0 N–H and O–H groups in total. The normalized spacial score (nSPS) is 24.2. The second-order valence-corrected chi connectivity index (χ2v) is 10.6. The Hall–Kier alpha value is -3.26. The molecule has 0 heterocycles. The molecule has 2 aromatic rings. The van der Waals surface area contributed by atoms with Crippen LogP contribution < -0.4 is 0 Å². The van der Waals surface area contributed by atoms with Crippen LogP contribution in [0.4, 0.5) is 0 Å². The smallest absolute Gasteiger partial charge is 0.328 e. The lowest BCUT2D eigenvalue weighted by Crippen LogP contribution is -2.67. The van der Waals surface area contributed by atoms with E-state index in [-0.39, 0.29) is 26.2 Å². The number of rotatable bonds is 9. The largest absolute Gasteiger partial charge is 0.465 e. The Balaban J connectivity index is 1.93. The summed E-state index contributed by atoms with van der Waals surface area (Å²) in [5.74, 6) is -4.14. The summed E-state index contributed by atoms with van der Waals surface area (Å²) in [5.41, 5.74) is -0.493. The quantitative estimate of drug-likeness (QED) is 0.218. The number of carbonyl (C=O) groups excluding carboxylic acids is 3. The highest BCUT2D eigenvalue weighted by atomic mass is 32.2. The molecule has 1 saturated carbocycles. The molecular formula is C28H30O7S. The molecule has 4 rings (SSSR count). The summed E-state index contributed by atoms with van der Waals surface area (Å²) < 4.78 is 29.0. The van der Waals surface area contributed by atoms with Crippen molar-refractivity contribution < 1.29 is 32.8 Å². The van der Waals surface area contributed by atoms with Crippen LogP contribution in [0.15, 0.2) is 71.6 Å². The number of allylic oxidation sites excluding steroid dienone is 2. The first kappa shape index (κ1) is 25.8. The fourth-order valence-corrected chi connectivity index (χ4v) is 7.44. The molecule has 4 atom stereocenters. The van der Waals surface area contributed by atoms with Crippen LogP contribution in [0.3, 0.4) is 0 Å². The van der Waals surface area contributed by atoms with E-state index in [1.165, 1.54) is 0 Å². The Morgan fingerprint density at radius 3 is 2.00 bits per heavy atom. The van der Waals surface area contributed by atoms with Crippen molar-refractivity contribution in [3.05, 3.63) is 77.9 Å². The average Bonchev–Trinajstić information content (AvgIpc) is 3.48. The summed E-state index contributed by atoms with van der Waals surface area (Å²) in [6.45, 7) is 4.98. The molecule has 190 valence electrons. The molecule has 8 heteroatoms. The van der Waals surface area contributed by atoms with Gasteiger partial charge < -0.3 is 14.2 Å². The number of ether oxygens (including phenoxy) is 3. The number of benzene rings is 2. The van der Waals surface area contributed by atoms with Gasteiger partial charge in [0, 0.05) is 16.7 Å². The molecule has 0 amide bonds. The highest BCUT2D eigenvalue weighted by Crippen LogP contribution is 2.63. The van der Waals surface area contributed by atoms with Crippen molar-refractivity contribution in [2.45, 2.75) is 43.4 Å². The van der Waals surface area contributed by atoms with Crippen LogP contribution in [0.2, 0.25) is 0 Å². The number of esters is 3. The van der Waals surface area contributed by atoms with E-state index in [0.717, 1.165) is 11.1 Å². The lowest BCUT2D eigenvalue weighted by molar-refractivity contribution is -0.183. The highest BCUT2D eigenvalue weighted by Gasteiger charge is 2.81. The maximum Gasteiger partial charge on any atom is 0.328 e. The number of fused-ring (bicyclic) bond motifs is 2. The Kier molecular flexibility index (Phi) is 7.45. The predicted molar refractivity (Wildman–Crippen MR) is 133 cm³/mol. The molecule has 2 bridgehead atoms. The summed E-state index contributed by atoms with van der Waals surface area (Å²) in [6, 6.07) is 15.9. The molecule has 36 heavy (non-hydrogen) atoms. The minimum Gasteiger partial charge on any atom is -0.465 e. The van der Waals surface area contributed by atoms with Crippen LogP contribution >= 0.6 is 0 Å². The second kappa shape index (κ2) is 10.4. The molecule has 0 radical (unpaired) electrons. The van der Waals surface area contributed by atoms with Gasteiger partial charge >= 0.3 is 17.9 Å². The third kappa shape index (κ3) is 3.88. The van der Waals surface area contributed by atoms with Crippen LogP contribution in [0.25, 0.3) is 0 Å². The maximum absolute atomic E-state index is 14.5. The Morgan fingerprint density at radius 1 is 0.833 bits per heavy atom. The van der Waals surface area contributed by atoms with Gasteiger partial charge in [0.05, 0.1) is 24.0 Å². The molecule has 2 aliphatic carbocycles. The van der Waals surface area contributed by atoms with Crippen molar-refractivity contribution in [2.24, 2.45) is 17.3 Å². The van der Waals surface area contributed by atoms with E-state index in [1.807, 2.05) is 25.1 Å². The minimum atomic E-state index is -2.16. The third-order valence-electron chi connectivity index (χ3n) is 6.99. The monoisotopic (exact) mass is 510 g/mol. The fourth-order valence-electron chi connectivity index (χ4n) is 5.42. The molecular weight excluding hydrogens is 480 g/mol. The zero-order chi connectivity index (χ0) is 25.9. The van der Waals surface area contributed by atoms with Crippen molar-refractivity contribution in [1.82, 2.24) is 0 Å². The van der Waals surface area contributed by atoms with Crippen LogP contribution in [0, 0.1) is 24.2 Å². The number of aryl methyl sites for hydroxylation is 1. The minimum absolute atomic E-state index is 0.0204. The van der Waals surface area contributed by atoms with Gasteiger partial charge in [-0.3, -0.25) is 18.6 Å². The van der Waals surface area contributed by atoms with Gasteiger partial charge in [-0.25, -0.2) is 0 Å². The standard InChI is InChI=1S/C28H30O7S/c1-4-33-24(29)27(25(30)34-5-2)21-13-14-22(17-21)28(27,36(32)23-15-11-19(3)12-16-23)26(31)35-18-20-9-7-6-8-10-20/h6-16,21-22H,4-5,17-18H2,1-3H3/t21-,22+,28+,36-/m0/s1. The molecule has 2 aromatic carbocycles. The molecule has 0 saturated heterocycles. The molecule has 7 nitrogen and oxygen atoms in total. The van der Waals surface area contributed by atoms with Crippen molar-refractivity contribution in [3.8, 4) is 0 Å². The first-order valence-electron chi connectivity index (χ1n) is 12.1. The lowest BCUT2D eigenvalue weighted by Gasteiger charge is -2.44. The number of hydrogen-bond acceptors (Lipinski definition) is 7. The van der Waals surface area contributed by atoms with E-state index in [4.69, 9.17) is 14.2 Å². The average molecular weight is 511 g/mol. The van der Waals surface area contributed by atoms with Crippen molar-refractivity contribution in [3.63, 3.8) is 0 Å². The van der Waals surface area contributed by atoms with E-state index in [9.17, 15) is 18.6 Å². The summed E-state index contributed by atoms with van der Waals surface area (Å²) in [5, 5.41) is 0.